The monoisotopic (exact) mass is 742 g/mol. The van der Waals surface area contributed by atoms with Crippen molar-refractivity contribution >= 4 is 23.3 Å². The van der Waals surface area contributed by atoms with Crippen molar-refractivity contribution in [3.05, 3.63) is 71.5 Å². The Morgan fingerprint density at radius 3 is 2.54 bits per heavy atom. The molecule has 11 heteroatoms. The summed E-state index contributed by atoms with van der Waals surface area (Å²) in [6.07, 6.45) is 6.72. The molecule has 0 aliphatic rings. The maximum Gasteiger partial charge on any atom is 0.293 e. The fourth-order valence-corrected chi connectivity index (χ4v) is 7.80. The fourth-order valence-electron chi connectivity index (χ4n) is 7.80. The summed E-state index contributed by atoms with van der Waals surface area (Å²) in [4.78, 5) is 31.5. The summed E-state index contributed by atoms with van der Waals surface area (Å²) in [5.74, 6) is 5.83. The van der Waals surface area contributed by atoms with E-state index in [1.807, 2.05) is 25.1 Å². The maximum absolute atomic E-state index is 13.6. The van der Waals surface area contributed by atoms with Gasteiger partial charge in [0.25, 0.3) is 6.47 Å². The van der Waals surface area contributed by atoms with Crippen molar-refractivity contribution in [2.24, 2.45) is 17.2 Å². The lowest BCUT2D eigenvalue weighted by Gasteiger charge is -2.29. The van der Waals surface area contributed by atoms with Crippen molar-refractivity contribution < 1.29 is 24.2 Å². The van der Waals surface area contributed by atoms with Crippen LogP contribution < -0.4 is 16.6 Å². The van der Waals surface area contributed by atoms with Crippen LogP contribution in [0.2, 0.25) is 0 Å². The van der Waals surface area contributed by atoms with Gasteiger partial charge in [-0.05, 0) is 111 Å². The van der Waals surface area contributed by atoms with Gasteiger partial charge in [-0.2, -0.15) is 0 Å². The van der Waals surface area contributed by atoms with Crippen LogP contribution >= 0.6 is 0 Å². The lowest BCUT2D eigenvalue weighted by atomic mass is 9.84. The number of aromatic nitrogens is 2. The Hall–Kier alpha value is -4.29. The quantitative estimate of drug-likeness (QED) is 0.0302. The predicted molar refractivity (Wildman–Crippen MR) is 217 cm³/mol. The molecule has 4 aromatic rings. The van der Waals surface area contributed by atoms with Crippen LogP contribution in [0.3, 0.4) is 0 Å². The lowest BCUT2D eigenvalue weighted by molar-refractivity contribution is -0.131. The first-order chi connectivity index (χ1) is 25.8. The number of carbonyl (C=O) groups is 2. The Bertz CT molecular complexity index is 1830. The number of hydrogen-bond donors (Lipinski definition) is 4. The number of rotatable bonds is 22. The van der Waals surface area contributed by atoms with Gasteiger partial charge in [0, 0.05) is 54.3 Å². The van der Waals surface area contributed by atoms with Crippen LogP contribution in [-0.4, -0.2) is 78.4 Å². The zero-order chi connectivity index (χ0) is 39.4. The second kappa shape index (κ2) is 19.9. The van der Waals surface area contributed by atoms with Crippen LogP contribution in [0.4, 0.5) is 0 Å². The van der Waals surface area contributed by atoms with E-state index in [0.29, 0.717) is 25.9 Å². The largest absolute Gasteiger partial charge is 0.508 e. The molecular weight excluding hydrogens is 681 g/mol. The molecule has 0 bridgehead atoms. The third-order valence-corrected chi connectivity index (χ3v) is 10.1. The number of hydrazine groups is 1. The molecule has 2 heterocycles. The summed E-state index contributed by atoms with van der Waals surface area (Å²) < 4.78 is 13.2. The Kier molecular flexibility index (Phi) is 15.6. The molecular formula is C43H62N6O5. The molecule has 0 spiro atoms. The Morgan fingerprint density at radius 2 is 1.87 bits per heavy atom. The Labute approximate surface area is 321 Å². The molecule has 0 fully saturated rings. The number of phenolic OH excluding ortho intramolecular Hbond substituents is 1. The van der Waals surface area contributed by atoms with Gasteiger partial charge in [0.05, 0.1) is 30.6 Å². The first-order valence-corrected chi connectivity index (χ1v) is 19.2. The number of methoxy groups -OCH3 is 1. The number of nitrogens with one attached hydrogen (secondary N) is 2. The molecule has 11 nitrogen and oxygen atoms in total. The highest BCUT2D eigenvalue weighted by atomic mass is 16.5. The highest BCUT2D eigenvalue weighted by molar-refractivity contribution is 5.95. The third kappa shape index (κ3) is 10.9. The van der Waals surface area contributed by atoms with Gasteiger partial charge in [-0.3, -0.25) is 30.7 Å². The van der Waals surface area contributed by atoms with E-state index in [1.165, 1.54) is 0 Å². The molecule has 54 heavy (non-hydrogen) atoms. The number of unbranched alkanes of at least 4 members (excludes halogenated alkanes) is 2. The van der Waals surface area contributed by atoms with Crippen LogP contribution in [0.5, 0.6) is 5.75 Å². The van der Waals surface area contributed by atoms with E-state index in [1.54, 1.807) is 25.4 Å². The number of fused-ring (bicyclic) bond motifs is 1. The normalized spacial score (nSPS) is 13.1. The maximum atomic E-state index is 13.6. The van der Waals surface area contributed by atoms with E-state index >= 15 is 0 Å². The molecule has 2 unspecified atom stereocenters. The van der Waals surface area contributed by atoms with Crippen LogP contribution in [-0.2, 0) is 45.1 Å². The average molecular weight is 743 g/mol. The summed E-state index contributed by atoms with van der Waals surface area (Å²) in [6, 6.07) is 15.9. The van der Waals surface area contributed by atoms with E-state index in [0.717, 1.165) is 88.9 Å². The molecule has 0 radical (unpaired) electrons. The molecule has 0 aliphatic heterocycles. The van der Waals surface area contributed by atoms with Crippen molar-refractivity contribution in [1.29, 1.82) is 0 Å². The molecule has 0 saturated heterocycles. The molecule has 294 valence electrons. The van der Waals surface area contributed by atoms with Crippen molar-refractivity contribution in [2.45, 2.75) is 98.4 Å². The van der Waals surface area contributed by atoms with Gasteiger partial charge in [0.15, 0.2) is 0 Å². The predicted octanol–water partition coefficient (Wildman–Crippen LogP) is 6.62. The second-order valence-electron chi connectivity index (χ2n) is 15.7. The van der Waals surface area contributed by atoms with Gasteiger partial charge in [0.1, 0.15) is 5.75 Å². The van der Waals surface area contributed by atoms with Gasteiger partial charge in [0.2, 0.25) is 5.91 Å². The van der Waals surface area contributed by atoms with E-state index in [4.69, 9.17) is 15.3 Å². The Balaban J connectivity index is 1.80. The zero-order valence-electron chi connectivity index (χ0n) is 33.6. The number of phenols is 1. The van der Waals surface area contributed by atoms with Crippen molar-refractivity contribution in [1.82, 2.24) is 25.2 Å². The molecule has 0 aliphatic carbocycles. The topological polar surface area (TPSA) is 144 Å². The highest BCUT2D eigenvalue weighted by Gasteiger charge is 2.29. The first kappa shape index (κ1) is 42.5. The molecule has 0 saturated carbocycles. The first-order valence-electron chi connectivity index (χ1n) is 19.2. The van der Waals surface area contributed by atoms with E-state index in [-0.39, 0.29) is 41.7 Å². The highest BCUT2D eigenvalue weighted by Crippen LogP contribution is 2.41. The number of aromatic hydroxyl groups is 1. The molecule has 4 rings (SSSR count). The van der Waals surface area contributed by atoms with Crippen molar-refractivity contribution in [3.8, 4) is 28.1 Å². The number of benzene rings is 2. The minimum Gasteiger partial charge on any atom is -0.508 e. The van der Waals surface area contributed by atoms with Crippen LogP contribution in [0, 0.1) is 11.3 Å². The van der Waals surface area contributed by atoms with Crippen LogP contribution in [0.25, 0.3) is 33.3 Å². The Morgan fingerprint density at radius 1 is 1.09 bits per heavy atom. The summed E-state index contributed by atoms with van der Waals surface area (Å²) in [6.45, 7) is 13.1. The standard InChI is InChI=1S/C43H62N6O5/c1-9-49-39-17-16-31(24-36(39)37(25-43(4,5)27-54-28-50)41(49)35-15-13-18-45-38(35)26-53-8)32-20-30(22-34(51)23-32)21-33(14-11-10-12-19-46-44)47-42(52)40(29(2)3)48(6)7/h13,15-18,20,22-24,28-29,33,40,46,51H,9-12,14,19,21,25-27,44H2,1-8H3,(H,47,52). The summed E-state index contributed by atoms with van der Waals surface area (Å²) >= 11 is 0. The number of aryl methyl sites for hydroxylation is 1. The van der Waals surface area contributed by atoms with E-state index in [9.17, 15) is 14.7 Å². The second-order valence-corrected chi connectivity index (χ2v) is 15.7. The number of carbonyl (C=O) groups excluding carboxylic acids is 2. The fraction of sp³-hybridized carbons (Fsp3) is 0.512. The van der Waals surface area contributed by atoms with Crippen molar-refractivity contribution in [3.63, 3.8) is 0 Å². The average Bonchev–Trinajstić information content (AvgIpc) is 3.41. The van der Waals surface area contributed by atoms with Gasteiger partial charge < -0.3 is 24.5 Å². The van der Waals surface area contributed by atoms with Gasteiger partial charge in [-0.15, -0.1) is 0 Å². The van der Waals surface area contributed by atoms with E-state index < -0.39 is 0 Å². The SMILES string of the molecule is CCn1c(-c2cccnc2COC)c(CC(C)(C)COC=O)c2cc(-c3cc(O)cc(CC(CCCCCNN)NC(=O)C(C(C)C)N(C)C)c3)ccc21. The van der Waals surface area contributed by atoms with Crippen LogP contribution in [0.1, 0.15) is 77.1 Å². The summed E-state index contributed by atoms with van der Waals surface area (Å²) in [7, 11) is 5.55. The molecule has 2 aromatic carbocycles. The third-order valence-electron chi connectivity index (χ3n) is 10.1. The van der Waals surface area contributed by atoms with Crippen LogP contribution in [0.15, 0.2) is 54.7 Å². The number of likely N-dealkylation sites (N-methyl/N-ethyl adjacent to an activating group) is 1. The molecule has 2 aromatic heterocycles. The summed E-state index contributed by atoms with van der Waals surface area (Å²) in [5, 5.41) is 15.5. The smallest absolute Gasteiger partial charge is 0.293 e. The number of pyridine rings is 1. The number of hydrogen-bond acceptors (Lipinski definition) is 9. The molecule has 2 atom stereocenters. The zero-order valence-corrected chi connectivity index (χ0v) is 33.6. The minimum atomic E-state index is -0.359. The lowest BCUT2D eigenvalue weighted by Crippen LogP contribution is -2.50. The van der Waals surface area contributed by atoms with Gasteiger partial charge in [-0.25, -0.2) is 0 Å². The van der Waals surface area contributed by atoms with Gasteiger partial charge in [-0.1, -0.05) is 52.7 Å². The minimum absolute atomic E-state index is 0.0157. The number of nitrogens with zero attached hydrogens (tertiary/aromatic N) is 3. The number of ether oxygens (including phenoxy) is 2. The molecule has 1 amide bonds. The summed E-state index contributed by atoms with van der Waals surface area (Å²) in [5.41, 5.74) is 10.3. The number of amides is 1. The van der Waals surface area contributed by atoms with Gasteiger partial charge >= 0.3 is 0 Å². The van der Waals surface area contributed by atoms with E-state index in [2.05, 4.69) is 85.2 Å². The van der Waals surface area contributed by atoms with Crippen molar-refractivity contribution in [2.75, 3.05) is 34.4 Å². The molecule has 5 N–H and O–H groups in total. The number of nitrogens with two attached hydrogens (primary N) is 1.